The van der Waals surface area contributed by atoms with Gasteiger partial charge in [0.2, 0.25) is 10.0 Å². The average Bonchev–Trinajstić information content (AvgIpc) is 2.41. The van der Waals surface area contributed by atoms with E-state index in [4.69, 9.17) is 11.6 Å². The molecule has 1 aliphatic rings. The molecule has 1 heterocycles. The Morgan fingerprint density at radius 3 is 2.33 bits per heavy atom. The average molecular weight is 337 g/mol. The lowest BCUT2D eigenvalue weighted by atomic mass is 10.3. The van der Waals surface area contributed by atoms with E-state index in [9.17, 15) is 17.2 Å². The summed E-state index contributed by atoms with van der Waals surface area (Å²) in [6.45, 7) is 5.65. The molecule has 0 bridgehead atoms. The van der Waals surface area contributed by atoms with Crippen molar-refractivity contribution in [1.29, 1.82) is 0 Å². The van der Waals surface area contributed by atoms with Crippen LogP contribution < -0.4 is 0 Å². The fourth-order valence-electron chi connectivity index (χ4n) is 2.16. The highest BCUT2D eigenvalue weighted by Crippen LogP contribution is 2.20. The van der Waals surface area contributed by atoms with E-state index >= 15 is 0 Å². The van der Waals surface area contributed by atoms with Crippen molar-refractivity contribution in [2.45, 2.75) is 4.90 Å². The third-order valence-electron chi connectivity index (χ3n) is 3.26. The van der Waals surface area contributed by atoms with Crippen LogP contribution in [0.4, 0.5) is 8.78 Å². The van der Waals surface area contributed by atoms with Gasteiger partial charge in [-0.25, -0.2) is 17.2 Å². The van der Waals surface area contributed by atoms with Crippen molar-refractivity contribution in [2.24, 2.45) is 0 Å². The summed E-state index contributed by atoms with van der Waals surface area (Å²) in [6.07, 6.45) is 0. The maximum absolute atomic E-state index is 13.2. The van der Waals surface area contributed by atoms with Crippen LogP contribution in [0.2, 0.25) is 0 Å². The van der Waals surface area contributed by atoms with Crippen molar-refractivity contribution < 1.29 is 17.2 Å². The Morgan fingerprint density at radius 1 is 1.19 bits per heavy atom. The third-order valence-corrected chi connectivity index (χ3v) is 5.27. The zero-order valence-electron chi connectivity index (χ0n) is 11.2. The zero-order valence-corrected chi connectivity index (χ0v) is 12.8. The second-order valence-corrected chi connectivity index (χ2v) is 7.25. The Bertz CT molecular complexity index is 644. The second-order valence-electron chi connectivity index (χ2n) is 4.77. The lowest BCUT2D eigenvalue weighted by molar-refractivity contribution is 0.203. The Morgan fingerprint density at radius 2 is 1.81 bits per heavy atom. The van der Waals surface area contributed by atoms with E-state index in [-0.39, 0.29) is 18.0 Å². The lowest BCUT2D eigenvalue weighted by Crippen LogP contribution is -2.48. The van der Waals surface area contributed by atoms with Crippen LogP contribution >= 0.6 is 11.6 Å². The topological polar surface area (TPSA) is 40.6 Å². The predicted molar refractivity (Wildman–Crippen MR) is 76.5 cm³/mol. The molecule has 1 fully saturated rings. The fraction of sp³-hybridized carbons (Fsp3) is 0.385. The van der Waals surface area contributed by atoms with Crippen molar-refractivity contribution in [3.63, 3.8) is 0 Å². The van der Waals surface area contributed by atoms with Crippen LogP contribution in [0, 0.1) is 11.6 Å². The molecule has 0 radical (unpaired) electrons. The first-order chi connectivity index (χ1) is 9.80. The number of nitrogens with zero attached hydrogens (tertiary/aromatic N) is 2. The van der Waals surface area contributed by atoms with E-state index in [1.165, 1.54) is 4.31 Å². The number of sulfonamides is 1. The molecule has 0 aliphatic carbocycles. The van der Waals surface area contributed by atoms with Crippen LogP contribution in [0.3, 0.4) is 0 Å². The van der Waals surface area contributed by atoms with Crippen LogP contribution in [0.15, 0.2) is 34.7 Å². The molecule has 4 nitrogen and oxygen atoms in total. The number of halogens is 3. The number of hydrogen-bond acceptors (Lipinski definition) is 3. The van der Waals surface area contributed by atoms with Gasteiger partial charge in [0.15, 0.2) is 11.6 Å². The molecule has 0 aromatic heterocycles. The quantitative estimate of drug-likeness (QED) is 0.844. The number of piperazine rings is 1. The molecule has 0 atom stereocenters. The summed E-state index contributed by atoms with van der Waals surface area (Å²) < 4.78 is 52.0. The minimum atomic E-state index is -3.81. The molecule has 8 heteroatoms. The Balaban J connectivity index is 2.11. The molecule has 1 aliphatic heterocycles. The molecule has 1 aromatic rings. The molecular formula is C13H15ClF2N2O2S. The monoisotopic (exact) mass is 336 g/mol. The van der Waals surface area contributed by atoms with Crippen LogP contribution in [0.5, 0.6) is 0 Å². The third kappa shape index (κ3) is 3.79. The highest BCUT2D eigenvalue weighted by molar-refractivity contribution is 7.89. The molecule has 21 heavy (non-hydrogen) atoms. The summed E-state index contributed by atoms with van der Waals surface area (Å²) in [7, 11) is -3.81. The Labute approximate surface area is 127 Å². The van der Waals surface area contributed by atoms with Gasteiger partial charge in [-0.3, -0.25) is 4.90 Å². The van der Waals surface area contributed by atoms with Gasteiger partial charge in [0, 0.05) is 37.8 Å². The van der Waals surface area contributed by atoms with Gasteiger partial charge in [-0.15, -0.1) is 0 Å². The summed E-state index contributed by atoms with van der Waals surface area (Å²) in [4.78, 5) is 1.74. The minimum Gasteiger partial charge on any atom is -0.296 e. The van der Waals surface area contributed by atoms with Gasteiger partial charge >= 0.3 is 0 Å². The molecule has 1 aromatic carbocycles. The molecule has 0 N–H and O–H groups in total. The molecule has 116 valence electrons. The van der Waals surface area contributed by atoms with E-state index in [0.717, 1.165) is 12.1 Å². The van der Waals surface area contributed by atoms with Gasteiger partial charge in [0.1, 0.15) is 0 Å². The van der Waals surface area contributed by atoms with Crippen molar-refractivity contribution in [2.75, 3.05) is 32.7 Å². The predicted octanol–water partition coefficient (Wildman–Crippen LogP) is 2.02. The lowest BCUT2D eigenvalue weighted by Gasteiger charge is -2.33. The molecule has 0 amide bonds. The maximum atomic E-state index is 13.2. The van der Waals surface area contributed by atoms with Gasteiger partial charge in [-0.05, 0) is 18.2 Å². The van der Waals surface area contributed by atoms with Crippen LogP contribution in [-0.2, 0) is 10.0 Å². The Kier molecular flexibility index (Phi) is 4.98. The van der Waals surface area contributed by atoms with Gasteiger partial charge in [-0.1, -0.05) is 18.2 Å². The fourth-order valence-corrected chi connectivity index (χ4v) is 3.76. The molecule has 2 rings (SSSR count). The largest absolute Gasteiger partial charge is 0.296 e. The van der Waals surface area contributed by atoms with Gasteiger partial charge in [0.25, 0.3) is 0 Å². The molecule has 1 saturated heterocycles. The maximum Gasteiger partial charge on any atom is 0.243 e. The summed E-state index contributed by atoms with van der Waals surface area (Å²) in [6, 6.07) is 2.59. The normalized spacial score (nSPS) is 17.9. The zero-order chi connectivity index (χ0) is 15.6. The summed E-state index contributed by atoms with van der Waals surface area (Å²) in [5.41, 5.74) is 0. The van der Waals surface area contributed by atoms with Crippen molar-refractivity contribution >= 4 is 21.6 Å². The van der Waals surface area contributed by atoms with E-state index in [1.54, 1.807) is 0 Å². The van der Waals surface area contributed by atoms with Gasteiger partial charge < -0.3 is 0 Å². The van der Waals surface area contributed by atoms with Crippen molar-refractivity contribution in [3.05, 3.63) is 41.4 Å². The van der Waals surface area contributed by atoms with Crippen molar-refractivity contribution in [3.8, 4) is 0 Å². The van der Waals surface area contributed by atoms with Gasteiger partial charge in [0.05, 0.1) is 4.90 Å². The highest BCUT2D eigenvalue weighted by atomic mass is 35.5. The molecular weight excluding hydrogens is 322 g/mol. The summed E-state index contributed by atoms with van der Waals surface area (Å²) in [5.74, 6) is -2.24. The smallest absolute Gasteiger partial charge is 0.243 e. The molecule has 0 unspecified atom stereocenters. The van der Waals surface area contributed by atoms with E-state index in [1.807, 2.05) is 4.90 Å². The number of benzene rings is 1. The number of rotatable bonds is 4. The summed E-state index contributed by atoms with van der Waals surface area (Å²) >= 11 is 5.72. The van der Waals surface area contributed by atoms with E-state index < -0.39 is 21.7 Å². The highest BCUT2D eigenvalue weighted by Gasteiger charge is 2.29. The van der Waals surface area contributed by atoms with Crippen molar-refractivity contribution in [1.82, 2.24) is 9.21 Å². The number of hydrogen-bond donors (Lipinski definition) is 0. The SMILES string of the molecule is C=C(Cl)CN1CCN(S(=O)(=O)c2ccc(F)c(F)c2)CC1. The van der Waals surface area contributed by atoms with Crippen LogP contribution in [0.1, 0.15) is 0 Å². The first kappa shape index (κ1) is 16.4. The minimum absolute atomic E-state index is 0.239. The standard InChI is InChI=1S/C13H15ClF2N2O2S/c1-10(14)9-17-4-6-18(7-5-17)21(19,20)11-2-3-12(15)13(16)8-11/h2-3,8H,1,4-7,9H2. The summed E-state index contributed by atoms with van der Waals surface area (Å²) in [5, 5.41) is 0.493. The first-order valence-electron chi connectivity index (χ1n) is 6.31. The van der Waals surface area contributed by atoms with Crippen LogP contribution in [0.25, 0.3) is 0 Å². The van der Waals surface area contributed by atoms with E-state index in [0.29, 0.717) is 30.7 Å². The molecule has 0 saturated carbocycles. The van der Waals surface area contributed by atoms with Gasteiger partial charge in [-0.2, -0.15) is 4.31 Å². The van der Waals surface area contributed by atoms with E-state index in [2.05, 4.69) is 6.58 Å². The second kappa shape index (κ2) is 6.39. The molecule has 0 spiro atoms. The Hall–Kier alpha value is -1.02. The van der Waals surface area contributed by atoms with Crippen LogP contribution in [-0.4, -0.2) is 50.3 Å². The first-order valence-corrected chi connectivity index (χ1v) is 8.13.